The first-order valence-corrected chi connectivity index (χ1v) is 9.49. The highest BCUT2D eigenvalue weighted by Crippen LogP contribution is 2.24. The fraction of sp³-hybridized carbons (Fsp3) is 0.318. The summed E-state index contributed by atoms with van der Waals surface area (Å²) in [6.07, 6.45) is 3.98. The molecule has 3 heterocycles. The largest absolute Gasteiger partial charge is 0.368 e. The lowest BCUT2D eigenvalue weighted by Crippen LogP contribution is -2.42. The van der Waals surface area contributed by atoms with Crippen molar-refractivity contribution in [2.45, 2.75) is 19.4 Å². The number of hydrogen-bond acceptors (Lipinski definition) is 4. The van der Waals surface area contributed by atoms with Gasteiger partial charge in [0.15, 0.2) is 0 Å². The molecule has 0 radical (unpaired) electrons. The van der Waals surface area contributed by atoms with E-state index in [1.165, 1.54) is 11.1 Å². The van der Waals surface area contributed by atoms with E-state index in [-0.39, 0.29) is 12.0 Å². The van der Waals surface area contributed by atoms with Gasteiger partial charge in [0.05, 0.1) is 30.6 Å². The van der Waals surface area contributed by atoms with Gasteiger partial charge in [0.25, 0.3) is 5.91 Å². The Morgan fingerprint density at radius 3 is 2.79 bits per heavy atom. The van der Waals surface area contributed by atoms with Gasteiger partial charge >= 0.3 is 0 Å². The van der Waals surface area contributed by atoms with Crippen LogP contribution in [0, 0.1) is 6.92 Å². The first-order valence-electron chi connectivity index (χ1n) is 9.49. The number of benzene rings is 1. The second-order valence-electron chi connectivity index (χ2n) is 7.22. The molecule has 3 aromatic rings. The summed E-state index contributed by atoms with van der Waals surface area (Å²) in [5.74, 6) is -0.0152. The van der Waals surface area contributed by atoms with Gasteiger partial charge in [-0.05, 0) is 36.6 Å². The molecule has 1 aromatic carbocycles. The third kappa shape index (κ3) is 4.12. The van der Waals surface area contributed by atoms with Crippen LogP contribution in [0.3, 0.4) is 0 Å². The smallest absolute Gasteiger partial charge is 0.257 e. The molecular weight excluding hydrogens is 352 g/mol. The zero-order valence-corrected chi connectivity index (χ0v) is 16.2. The fourth-order valence-electron chi connectivity index (χ4n) is 3.59. The van der Waals surface area contributed by atoms with Crippen LogP contribution in [-0.2, 0) is 18.2 Å². The second kappa shape index (κ2) is 7.94. The van der Waals surface area contributed by atoms with E-state index in [0.717, 1.165) is 17.8 Å². The van der Waals surface area contributed by atoms with Crippen LogP contribution >= 0.6 is 0 Å². The van der Waals surface area contributed by atoms with Crippen LogP contribution in [0.5, 0.6) is 0 Å². The van der Waals surface area contributed by atoms with Crippen molar-refractivity contribution in [3.63, 3.8) is 0 Å². The van der Waals surface area contributed by atoms with Crippen LogP contribution in [0.1, 0.15) is 39.0 Å². The number of ether oxygens (including phenoxy) is 1. The molecule has 1 aliphatic rings. The van der Waals surface area contributed by atoms with Crippen LogP contribution in [-0.4, -0.2) is 45.3 Å². The molecule has 28 heavy (non-hydrogen) atoms. The highest BCUT2D eigenvalue weighted by molar-refractivity contribution is 5.93. The van der Waals surface area contributed by atoms with Gasteiger partial charge in [-0.3, -0.25) is 14.5 Å². The molecule has 1 aliphatic heterocycles. The number of rotatable bonds is 4. The molecule has 4 rings (SSSR count). The number of aromatic nitrogens is 3. The molecule has 0 spiro atoms. The predicted molar refractivity (Wildman–Crippen MR) is 106 cm³/mol. The zero-order chi connectivity index (χ0) is 19.5. The average molecular weight is 376 g/mol. The number of pyridine rings is 1. The summed E-state index contributed by atoms with van der Waals surface area (Å²) >= 11 is 0. The van der Waals surface area contributed by atoms with E-state index in [4.69, 9.17) is 9.72 Å². The molecule has 1 saturated heterocycles. The molecule has 6 nitrogen and oxygen atoms in total. The average Bonchev–Trinajstić information content (AvgIpc) is 3.14. The van der Waals surface area contributed by atoms with Crippen LogP contribution in [0.4, 0.5) is 0 Å². The Balaban J connectivity index is 1.52. The molecule has 0 N–H and O–H groups in total. The molecule has 0 saturated carbocycles. The molecule has 0 aliphatic carbocycles. The van der Waals surface area contributed by atoms with E-state index in [2.05, 4.69) is 41.5 Å². The minimum Gasteiger partial charge on any atom is -0.368 e. The Morgan fingerprint density at radius 2 is 2.04 bits per heavy atom. The lowest BCUT2D eigenvalue weighted by atomic mass is 10.0. The van der Waals surface area contributed by atoms with Crippen molar-refractivity contribution >= 4 is 5.91 Å². The summed E-state index contributed by atoms with van der Waals surface area (Å²) in [5, 5.41) is 4.10. The monoisotopic (exact) mass is 376 g/mol. The van der Waals surface area contributed by atoms with E-state index < -0.39 is 0 Å². The van der Waals surface area contributed by atoms with Crippen molar-refractivity contribution < 1.29 is 9.53 Å². The summed E-state index contributed by atoms with van der Waals surface area (Å²) in [7, 11) is 1.81. The Bertz CT molecular complexity index is 968. The molecule has 1 fully saturated rings. The van der Waals surface area contributed by atoms with Crippen molar-refractivity contribution in [2.24, 2.45) is 7.05 Å². The first kappa shape index (κ1) is 18.4. The standard InChI is InChI=1S/C22H24N4O2/c1-16-10-18(11-17-6-4-3-5-7-17)12-20(24-16)21-15-26(8-9-28-21)22(27)19-13-23-25(2)14-19/h3-7,10,12-14,21H,8-9,11,15H2,1-2H3/t21-/m0/s1. The fourth-order valence-corrected chi connectivity index (χ4v) is 3.59. The number of hydrogen-bond donors (Lipinski definition) is 0. The Labute approximate surface area is 164 Å². The number of carbonyl (C=O) groups excluding carboxylic acids is 1. The maximum Gasteiger partial charge on any atom is 0.257 e. The van der Waals surface area contributed by atoms with Crippen molar-refractivity contribution in [1.82, 2.24) is 19.7 Å². The minimum atomic E-state index is -0.219. The summed E-state index contributed by atoms with van der Waals surface area (Å²) in [5.41, 5.74) is 4.91. The second-order valence-corrected chi connectivity index (χ2v) is 7.22. The van der Waals surface area contributed by atoms with Gasteiger partial charge in [-0.15, -0.1) is 0 Å². The lowest BCUT2D eigenvalue weighted by Gasteiger charge is -2.32. The third-order valence-electron chi connectivity index (χ3n) is 4.92. The van der Waals surface area contributed by atoms with Crippen LogP contribution in [0.25, 0.3) is 0 Å². The number of nitrogens with zero attached hydrogens (tertiary/aromatic N) is 4. The van der Waals surface area contributed by atoms with Crippen molar-refractivity contribution in [1.29, 1.82) is 0 Å². The highest BCUT2D eigenvalue weighted by atomic mass is 16.5. The van der Waals surface area contributed by atoms with Crippen molar-refractivity contribution in [2.75, 3.05) is 19.7 Å². The summed E-state index contributed by atoms with van der Waals surface area (Å²) in [4.78, 5) is 19.3. The Hall–Kier alpha value is -2.99. The minimum absolute atomic E-state index is 0.0152. The molecular formula is C22H24N4O2. The van der Waals surface area contributed by atoms with Gasteiger partial charge in [-0.25, -0.2) is 0 Å². The van der Waals surface area contributed by atoms with Crippen molar-refractivity contribution in [3.05, 3.63) is 82.9 Å². The number of aryl methyl sites for hydroxylation is 2. The van der Waals surface area contributed by atoms with Crippen LogP contribution in [0.15, 0.2) is 54.9 Å². The van der Waals surface area contributed by atoms with Gasteiger partial charge in [0, 0.05) is 25.5 Å². The third-order valence-corrected chi connectivity index (χ3v) is 4.92. The van der Waals surface area contributed by atoms with E-state index in [1.807, 2.05) is 24.9 Å². The zero-order valence-electron chi connectivity index (χ0n) is 16.2. The van der Waals surface area contributed by atoms with Crippen LogP contribution in [0.2, 0.25) is 0 Å². The lowest BCUT2D eigenvalue weighted by molar-refractivity contribution is -0.0248. The molecule has 2 aromatic heterocycles. The normalized spacial score (nSPS) is 16.9. The molecule has 6 heteroatoms. The molecule has 144 valence electrons. The predicted octanol–water partition coefficient (Wildman–Crippen LogP) is 2.93. The number of carbonyl (C=O) groups is 1. The quantitative estimate of drug-likeness (QED) is 0.702. The molecule has 0 bridgehead atoms. The van der Waals surface area contributed by atoms with Gasteiger partial charge < -0.3 is 9.64 Å². The van der Waals surface area contributed by atoms with E-state index in [0.29, 0.717) is 25.3 Å². The summed E-state index contributed by atoms with van der Waals surface area (Å²) in [6, 6.07) is 14.6. The maximum absolute atomic E-state index is 12.8. The van der Waals surface area contributed by atoms with E-state index in [9.17, 15) is 4.79 Å². The first-order chi connectivity index (χ1) is 13.6. The molecule has 1 atom stereocenters. The van der Waals surface area contributed by atoms with Crippen molar-refractivity contribution in [3.8, 4) is 0 Å². The topological polar surface area (TPSA) is 60.2 Å². The van der Waals surface area contributed by atoms with Gasteiger partial charge in [0.1, 0.15) is 6.10 Å². The van der Waals surface area contributed by atoms with Crippen LogP contribution < -0.4 is 0 Å². The SMILES string of the molecule is Cc1cc(Cc2ccccc2)cc([C@@H]2CN(C(=O)c3cnn(C)c3)CCO2)n1. The van der Waals surface area contributed by atoms with Gasteiger partial charge in [-0.2, -0.15) is 5.10 Å². The summed E-state index contributed by atoms with van der Waals surface area (Å²) in [6.45, 7) is 3.57. The number of morpholine rings is 1. The molecule has 1 amide bonds. The Morgan fingerprint density at radius 1 is 1.21 bits per heavy atom. The van der Waals surface area contributed by atoms with Gasteiger partial charge in [0.2, 0.25) is 0 Å². The van der Waals surface area contributed by atoms with E-state index >= 15 is 0 Å². The maximum atomic E-state index is 12.8. The highest BCUT2D eigenvalue weighted by Gasteiger charge is 2.28. The van der Waals surface area contributed by atoms with Gasteiger partial charge in [-0.1, -0.05) is 30.3 Å². The summed E-state index contributed by atoms with van der Waals surface area (Å²) < 4.78 is 7.61. The Kier molecular flexibility index (Phi) is 5.21. The number of amides is 1. The van der Waals surface area contributed by atoms with E-state index in [1.54, 1.807) is 17.1 Å². The molecule has 0 unspecified atom stereocenters.